The molecule has 1 aromatic heterocycles. The molecular formula is C16H17F3N2O3S. The number of nitrogens with zero attached hydrogens (tertiary/aromatic N) is 1. The molecule has 2 aromatic rings. The van der Waals surface area contributed by atoms with Crippen molar-refractivity contribution < 1.29 is 27.4 Å². The largest absolute Gasteiger partial charge is 0.491 e. The summed E-state index contributed by atoms with van der Waals surface area (Å²) in [6.07, 6.45) is -4.50. The van der Waals surface area contributed by atoms with E-state index in [0.29, 0.717) is 11.6 Å². The Labute approximate surface area is 146 Å². The van der Waals surface area contributed by atoms with Gasteiger partial charge in [0.1, 0.15) is 23.1 Å². The molecule has 0 saturated heterocycles. The number of para-hydroxylation sites is 1. The molecule has 0 saturated carbocycles. The van der Waals surface area contributed by atoms with Gasteiger partial charge in [0.05, 0.1) is 18.2 Å². The Morgan fingerprint density at radius 3 is 2.76 bits per heavy atom. The second-order valence-electron chi connectivity index (χ2n) is 5.24. The summed E-state index contributed by atoms with van der Waals surface area (Å²) in [6, 6.07) is 4.45. The molecule has 0 aliphatic rings. The predicted octanol–water partition coefficient (Wildman–Crippen LogP) is 3.51. The molecule has 1 atom stereocenters. The first-order valence-electron chi connectivity index (χ1n) is 7.34. The number of hydrogen-bond acceptors (Lipinski definition) is 5. The molecule has 1 N–H and O–H groups in total. The van der Waals surface area contributed by atoms with Crippen LogP contribution in [0.1, 0.15) is 28.0 Å². The van der Waals surface area contributed by atoms with Gasteiger partial charge in [0.2, 0.25) is 0 Å². The van der Waals surface area contributed by atoms with Gasteiger partial charge in [0, 0.05) is 12.5 Å². The van der Waals surface area contributed by atoms with Crippen LogP contribution in [0, 0.1) is 0 Å². The summed E-state index contributed by atoms with van der Waals surface area (Å²) in [5, 5.41) is 4.89. The molecule has 9 heteroatoms. The molecular weight excluding hydrogens is 357 g/mol. The number of hydrogen-bond donors (Lipinski definition) is 1. The number of ether oxygens (including phenoxy) is 2. The van der Waals surface area contributed by atoms with Crippen molar-refractivity contribution in [3.63, 3.8) is 0 Å². The summed E-state index contributed by atoms with van der Waals surface area (Å²) in [6.45, 7) is 1.84. The molecule has 0 aliphatic carbocycles. The van der Waals surface area contributed by atoms with Gasteiger partial charge in [-0.2, -0.15) is 13.2 Å². The number of carbonyl (C=O) groups excluding carboxylic acids is 1. The Kier molecular flexibility index (Phi) is 6.38. The lowest BCUT2D eigenvalue weighted by Crippen LogP contribution is -2.37. The second-order valence-corrected chi connectivity index (χ2v) is 6.18. The van der Waals surface area contributed by atoms with Crippen LogP contribution in [0.3, 0.4) is 0 Å². The van der Waals surface area contributed by atoms with E-state index in [2.05, 4.69) is 10.3 Å². The maximum absolute atomic E-state index is 12.9. The first-order chi connectivity index (χ1) is 11.8. The van der Waals surface area contributed by atoms with Crippen LogP contribution >= 0.6 is 11.3 Å². The van der Waals surface area contributed by atoms with E-state index < -0.39 is 23.7 Å². The molecule has 5 nitrogen and oxygen atoms in total. The minimum Gasteiger partial charge on any atom is -0.491 e. The smallest absolute Gasteiger partial charge is 0.419 e. The van der Waals surface area contributed by atoms with Crippen LogP contribution in [0.25, 0.3) is 0 Å². The fourth-order valence-electron chi connectivity index (χ4n) is 1.99. The number of alkyl halides is 3. The van der Waals surface area contributed by atoms with E-state index in [-0.39, 0.29) is 18.1 Å². The molecule has 136 valence electrons. The van der Waals surface area contributed by atoms with Gasteiger partial charge in [-0.1, -0.05) is 12.1 Å². The topological polar surface area (TPSA) is 60.5 Å². The number of amides is 1. The summed E-state index contributed by atoms with van der Waals surface area (Å²) in [5.74, 6) is -0.689. The Bertz CT molecular complexity index is 719. The highest BCUT2D eigenvalue weighted by atomic mass is 32.1. The van der Waals surface area contributed by atoms with Gasteiger partial charge in [0.25, 0.3) is 5.91 Å². The van der Waals surface area contributed by atoms with Crippen molar-refractivity contribution in [1.82, 2.24) is 10.3 Å². The number of halogens is 3. The molecule has 2 rings (SSSR count). The summed E-state index contributed by atoms with van der Waals surface area (Å²) in [4.78, 5) is 16.2. The second kappa shape index (κ2) is 8.30. The molecule has 0 radical (unpaired) electrons. The molecule has 0 bridgehead atoms. The third-order valence-corrected chi connectivity index (χ3v) is 3.93. The average Bonchev–Trinajstić information content (AvgIpc) is 3.01. The van der Waals surface area contributed by atoms with Gasteiger partial charge >= 0.3 is 6.18 Å². The van der Waals surface area contributed by atoms with Crippen LogP contribution in [-0.4, -0.2) is 30.6 Å². The van der Waals surface area contributed by atoms with E-state index in [4.69, 9.17) is 9.47 Å². The number of benzene rings is 1. The van der Waals surface area contributed by atoms with Crippen LogP contribution < -0.4 is 10.1 Å². The van der Waals surface area contributed by atoms with E-state index in [9.17, 15) is 18.0 Å². The molecule has 1 amide bonds. The highest BCUT2D eigenvalue weighted by Crippen LogP contribution is 2.35. The number of nitrogens with one attached hydrogen (secondary N) is 1. The van der Waals surface area contributed by atoms with E-state index in [1.54, 1.807) is 12.3 Å². The zero-order valence-electron chi connectivity index (χ0n) is 13.6. The SMILES string of the molecule is COCc1nc(C(=O)NC(C)COc2ccccc2C(F)(F)F)cs1. The molecule has 0 fully saturated rings. The van der Waals surface area contributed by atoms with Crippen LogP contribution in [0.5, 0.6) is 5.75 Å². The molecule has 1 unspecified atom stereocenters. The average molecular weight is 374 g/mol. The molecule has 1 heterocycles. The molecule has 0 aliphatic heterocycles. The van der Waals surface area contributed by atoms with Crippen molar-refractivity contribution >= 4 is 17.2 Å². The highest BCUT2D eigenvalue weighted by Gasteiger charge is 2.34. The fourth-order valence-corrected chi connectivity index (χ4v) is 2.73. The maximum atomic E-state index is 12.9. The summed E-state index contributed by atoms with van der Waals surface area (Å²) in [7, 11) is 1.53. The third-order valence-electron chi connectivity index (χ3n) is 3.11. The fraction of sp³-hybridized carbons (Fsp3) is 0.375. The lowest BCUT2D eigenvalue weighted by Gasteiger charge is -2.17. The Morgan fingerprint density at radius 2 is 2.08 bits per heavy atom. The maximum Gasteiger partial charge on any atom is 0.419 e. The van der Waals surface area contributed by atoms with Crippen molar-refractivity contribution in [2.45, 2.75) is 25.7 Å². The monoisotopic (exact) mass is 374 g/mol. The Balaban J connectivity index is 1.92. The van der Waals surface area contributed by atoms with Crippen LogP contribution in [0.2, 0.25) is 0 Å². The zero-order valence-corrected chi connectivity index (χ0v) is 14.4. The van der Waals surface area contributed by atoms with Crippen LogP contribution in [-0.2, 0) is 17.5 Å². The first-order valence-corrected chi connectivity index (χ1v) is 8.22. The number of carbonyl (C=O) groups is 1. The van der Waals surface area contributed by atoms with Crippen molar-refractivity contribution in [1.29, 1.82) is 0 Å². The van der Waals surface area contributed by atoms with E-state index in [0.717, 1.165) is 6.07 Å². The minimum atomic E-state index is -4.50. The van der Waals surface area contributed by atoms with E-state index in [1.807, 2.05) is 0 Å². The lowest BCUT2D eigenvalue weighted by atomic mass is 10.2. The van der Waals surface area contributed by atoms with Gasteiger partial charge in [-0.15, -0.1) is 11.3 Å². The van der Waals surface area contributed by atoms with Crippen LogP contribution in [0.15, 0.2) is 29.6 Å². The quantitative estimate of drug-likeness (QED) is 0.806. The Hall–Kier alpha value is -2.13. The summed E-state index contributed by atoms with van der Waals surface area (Å²) >= 11 is 1.29. The van der Waals surface area contributed by atoms with Crippen molar-refractivity contribution in [2.24, 2.45) is 0 Å². The number of methoxy groups -OCH3 is 1. The standard InChI is InChI=1S/C16H17F3N2O3S/c1-10(20-15(22)12-9-25-14(21-12)8-23-2)7-24-13-6-4-3-5-11(13)16(17,18)19/h3-6,9-10H,7-8H2,1-2H3,(H,20,22). The van der Waals surface area contributed by atoms with Gasteiger partial charge in [-0.05, 0) is 19.1 Å². The van der Waals surface area contributed by atoms with Crippen molar-refractivity contribution in [3.05, 3.63) is 45.9 Å². The molecule has 1 aromatic carbocycles. The number of aromatic nitrogens is 1. The molecule has 0 spiro atoms. The van der Waals surface area contributed by atoms with Gasteiger partial charge < -0.3 is 14.8 Å². The normalized spacial score (nSPS) is 12.7. The van der Waals surface area contributed by atoms with Crippen LogP contribution in [0.4, 0.5) is 13.2 Å². The third kappa shape index (κ3) is 5.43. The summed E-state index contributed by atoms with van der Waals surface area (Å²) < 4.78 is 48.9. The van der Waals surface area contributed by atoms with Crippen molar-refractivity contribution in [3.8, 4) is 5.75 Å². The van der Waals surface area contributed by atoms with Crippen molar-refractivity contribution in [2.75, 3.05) is 13.7 Å². The van der Waals surface area contributed by atoms with E-state index in [1.165, 1.54) is 36.6 Å². The number of thiazole rings is 1. The van der Waals surface area contributed by atoms with Gasteiger partial charge in [0.15, 0.2) is 0 Å². The number of rotatable bonds is 7. The molecule has 25 heavy (non-hydrogen) atoms. The zero-order chi connectivity index (χ0) is 18.4. The highest BCUT2D eigenvalue weighted by molar-refractivity contribution is 7.09. The predicted molar refractivity (Wildman–Crippen MR) is 86.7 cm³/mol. The minimum absolute atomic E-state index is 0.103. The Morgan fingerprint density at radius 1 is 1.36 bits per heavy atom. The lowest BCUT2D eigenvalue weighted by molar-refractivity contribution is -0.139. The van der Waals surface area contributed by atoms with Gasteiger partial charge in [-0.25, -0.2) is 4.98 Å². The van der Waals surface area contributed by atoms with Gasteiger partial charge in [-0.3, -0.25) is 4.79 Å². The van der Waals surface area contributed by atoms with E-state index >= 15 is 0 Å². The first kappa shape index (κ1) is 19.2. The summed E-state index contributed by atoms with van der Waals surface area (Å²) in [5.41, 5.74) is -0.614.